The fourth-order valence-electron chi connectivity index (χ4n) is 2.91. The quantitative estimate of drug-likeness (QED) is 0.458. The molecule has 0 aromatic heterocycles. The summed E-state index contributed by atoms with van der Waals surface area (Å²) in [6.45, 7) is 2.15. The van der Waals surface area contributed by atoms with Gasteiger partial charge in [0, 0.05) is 16.9 Å². The molecule has 3 rings (SSSR count). The lowest BCUT2D eigenvalue weighted by molar-refractivity contribution is 0.0697. The number of hydrogen-bond donors (Lipinski definition) is 4. The third-order valence-electron chi connectivity index (χ3n) is 4.42. The van der Waals surface area contributed by atoms with Crippen LogP contribution in [0.5, 0.6) is 0 Å². The lowest BCUT2D eigenvalue weighted by atomic mass is 10.1. The number of amidine groups is 1. The van der Waals surface area contributed by atoms with Crippen LogP contribution in [-0.4, -0.2) is 41.7 Å². The van der Waals surface area contributed by atoms with Crippen molar-refractivity contribution in [3.05, 3.63) is 59.7 Å². The maximum atomic E-state index is 12.3. The molecule has 2 aromatic rings. The molecular weight excluding hydrogens is 348 g/mol. The number of ether oxygens (including phenoxy) is 1. The molecular formula is C19H20N4O4. The molecule has 1 saturated heterocycles. The molecule has 1 heterocycles. The standard InChI is InChI=1S/C19H20N4O4/c1-11(22-15-5-3-2-4-14(15)18(24)25)16-10-23(19(26)27-16)13-8-6-12(7-9-13)17(20)21/h2-9,11,16,22H,10H2,1H3,(H3,20,21)(H,24,25). The fourth-order valence-corrected chi connectivity index (χ4v) is 2.91. The van der Waals surface area contributed by atoms with E-state index in [1.165, 1.54) is 11.0 Å². The van der Waals surface area contributed by atoms with Crippen molar-refractivity contribution >= 4 is 29.3 Å². The van der Waals surface area contributed by atoms with Gasteiger partial charge in [-0.15, -0.1) is 0 Å². The number of hydrogen-bond acceptors (Lipinski definition) is 5. The summed E-state index contributed by atoms with van der Waals surface area (Å²) in [5, 5.41) is 19.8. The number of para-hydroxylation sites is 1. The molecule has 0 bridgehead atoms. The van der Waals surface area contributed by atoms with Crippen LogP contribution < -0.4 is 16.0 Å². The van der Waals surface area contributed by atoms with E-state index in [-0.39, 0.29) is 17.4 Å². The van der Waals surface area contributed by atoms with Gasteiger partial charge in [-0.25, -0.2) is 9.59 Å². The SMILES string of the molecule is CC(Nc1ccccc1C(=O)O)C1CN(c2ccc(C(=N)N)cc2)C(=O)O1. The van der Waals surface area contributed by atoms with Gasteiger partial charge in [-0.3, -0.25) is 10.3 Å². The van der Waals surface area contributed by atoms with Crippen molar-refractivity contribution in [2.45, 2.75) is 19.1 Å². The number of nitrogens with zero attached hydrogens (tertiary/aromatic N) is 1. The van der Waals surface area contributed by atoms with Crippen LogP contribution in [0, 0.1) is 5.41 Å². The molecule has 0 spiro atoms. The van der Waals surface area contributed by atoms with Gasteiger partial charge in [-0.2, -0.15) is 0 Å². The van der Waals surface area contributed by atoms with Gasteiger partial charge < -0.3 is 20.9 Å². The van der Waals surface area contributed by atoms with Crippen LogP contribution in [-0.2, 0) is 4.74 Å². The number of amides is 1. The van der Waals surface area contributed by atoms with Crippen LogP contribution in [0.2, 0.25) is 0 Å². The number of nitrogens with one attached hydrogen (secondary N) is 2. The van der Waals surface area contributed by atoms with Crippen LogP contribution in [0.4, 0.5) is 16.2 Å². The minimum absolute atomic E-state index is 0.0432. The Kier molecular flexibility index (Phi) is 4.98. The van der Waals surface area contributed by atoms with E-state index in [1.807, 2.05) is 6.92 Å². The molecule has 27 heavy (non-hydrogen) atoms. The fraction of sp³-hybridized carbons (Fsp3) is 0.211. The van der Waals surface area contributed by atoms with Gasteiger partial charge >= 0.3 is 12.1 Å². The monoisotopic (exact) mass is 368 g/mol. The number of benzene rings is 2. The summed E-state index contributed by atoms with van der Waals surface area (Å²) in [6.07, 6.45) is -0.928. The summed E-state index contributed by atoms with van der Waals surface area (Å²) in [7, 11) is 0. The van der Waals surface area contributed by atoms with Crippen molar-refractivity contribution in [3.8, 4) is 0 Å². The van der Waals surface area contributed by atoms with Gasteiger partial charge in [0.2, 0.25) is 0 Å². The number of carboxylic acid groups (broad SMARTS) is 1. The Labute approximate surface area is 156 Å². The van der Waals surface area contributed by atoms with E-state index in [0.29, 0.717) is 23.5 Å². The zero-order valence-corrected chi connectivity index (χ0v) is 14.7. The van der Waals surface area contributed by atoms with Crippen molar-refractivity contribution in [1.29, 1.82) is 5.41 Å². The first-order chi connectivity index (χ1) is 12.9. The lowest BCUT2D eigenvalue weighted by Gasteiger charge is -2.21. The Bertz CT molecular complexity index is 882. The predicted octanol–water partition coefficient (Wildman–Crippen LogP) is 2.49. The minimum atomic E-state index is -1.03. The molecule has 0 aliphatic carbocycles. The molecule has 1 aliphatic heterocycles. The largest absolute Gasteiger partial charge is 0.478 e. The first-order valence-electron chi connectivity index (χ1n) is 8.38. The summed E-state index contributed by atoms with van der Waals surface area (Å²) >= 11 is 0. The molecule has 0 radical (unpaired) electrons. The highest BCUT2D eigenvalue weighted by Crippen LogP contribution is 2.25. The number of carboxylic acids is 1. The maximum Gasteiger partial charge on any atom is 0.414 e. The van der Waals surface area contributed by atoms with Crippen molar-refractivity contribution in [2.24, 2.45) is 5.73 Å². The summed E-state index contributed by atoms with van der Waals surface area (Å²) in [4.78, 5) is 25.1. The van der Waals surface area contributed by atoms with E-state index >= 15 is 0 Å². The van der Waals surface area contributed by atoms with E-state index in [1.54, 1.807) is 42.5 Å². The van der Waals surface area contributed by atoms with E-state index in [9.17, 15) is 14.7 Å². The molecule has 1 aliphatic rings. The Hall–Kier alpha value is -3.55. The molecule has 1 amide bonds. The Morgan fingerprint density at radius 3 is 2.59 bits per heavy atom. The summed E-state index contributed by atoms with van der Waals surface area (Å²) in [6, 6.07) is 13.0. The average molecular weight is 368 g/mol. The van der Waals surface area contributed by atoms with Crippen LogP contribution in [0.15, 0.2) is 48.5 Å². The normalized spacial score (nSPS) is 17.3. The highest BCUT2D eigenvalue weighted by atomic mass is 16.6. The Morgan fingerprint density at radius 2 is 1.96 bits per heavy atom. The molecule has 0 saturated carbocycles. The van der Waals surface area contributed by atoms with E-state index < -0.39 is 18.2 Å². The number of carbonyl (C=O) groups is 2. The van der Waals surface area contributed by atoms with E-state index in [4.69, 9.17) is 15.9 Å². The third-order valence-corrected chi connectivity index (χ3v) is 4.42. The van der Waals surface area contributed by atoms with Crippen molar-refractivity contribution in [1.82, 2.24) is 0 Å². The smallest absolute Gasteiger partial charge is 0.414 e. The highest BCUT2D eigenvalue weighted by molar-refractivity contribution is 5.96. The maximum absolute atomic E-state index is 12.3. The third kappa shape index (κ3) is 3.84. The molecule has 2 atom stereocenters. The number of anilines is 2. The predicted molar refractivity (Wildman–Crippen MR) is 102 cm³/mol. The second-order valence-electron chi connectivity index (χ2n) is 6.28. The van der Waals surface area contributed by atoms with Gasteiger partial charge in [0.1, 0.15) is 11.9 Å². The number of aromatic carboxylic acids is 1. The number of carbonyl (C=O) groups excluding carboxylic acids is 1. The highest BCUT2D eigenvalue weighted by Gasteiger charge is 2.36. The number of nitrogen functional groups attached to an aromatic ring is 1. The second kappa shape index (κ2) is 7.36. The number of nitrogens with two attached hydrogens (primary N) is 1. The minimum Gasteiger partial charge on any atom is -0.478 e. The number of cyclic esters (lactones) is 1. The first kappa shape index (κ1) is 18.2. The number of rotatable bonds is 6. The zero-order valence-electron chi connectivity index (χ0n) is 14.7. The summed E-state index contributed by atoms with van der Waals surface area (Å²) in [5.41, 5.74) is 7.29. The average Bonchev–Trinajstić information content (AvgIpc) is 3.04. The van der Waals surface area contributed by atoms with Crippen molar-refractivity contribution < 1.29 is 19.4 Å². The molecule has 8 nitrogen and oxygen atoms in total. The lowest BCUT2D eigenvalue weighted by Crippen LogP contribution is -2.35. The van der Waals surface area contributed by atoms with Crippen LogP contribution in [0.25, 0.3) is 0 Å². The van der Waals surface area contributed by atoms with Crippen molar-refractivity contribution in [3.63, 3.8) is 0 Å². The van der Waals surface area contributed by atoms with Gasteiger partial charge in [0.15, 0.2) is 0 Å². The second-order valence-corrected chi connectivity index (χ2v) is 6.28. The van der Waals surface area contributed by atoms with Crippen LogP contribution in [0.3, 0.4) is 0 Å². The van der Waals surface area contributed by atoms with Gasteiger partial charge in [0.05, 0.1) is 18.2 Å². The zero-order chi connectivity index (χ0) is 19.6. The van der Waals surface area contributed by atoms with Gasteiger partial charge in [-0.1, -0.05) is 12.1 Å². The van der Waals surface area contributed by atoms with Gasteiger partial charge in [-0.05, 0) is 43.3 Å². The van der Waals surface area contributed by atoms with E-state index in [0.717, 1.165) is 0 Å². The van der Waals surface area contributed by atoms with Crippen LogP contribution in [0.1, 0.15) is 22.8 Å². The van der Waals surface area contributed by atoms with Crippen molar-refractivity contribution in [2.75, 3.05) is 16.8 Å². The first-order valence-corrected chi connectivity index (χ1v) is 8.38. The Balaban J connectivity index is 1.71. The molecule has 2 aromatic carbocycles. The summed E-state index contributed by atoms with van der Waals surface area (Å²) in [5.74, 6) is -1.07. The Morgan fingerprint density at radius 1 is 1.30 bits per heavy atom. The molecule has 8 heteroatoms. The molecule has 2 unspecified atom stereocenters. The van der Waals surface area contributed by atoms with Gasteiger partial charge in [0.25, 0.3) is 0 Å². The molecule has 1 fully saturated rings. The molecule has 140 valence electrons. The van der Waals surface area contributed by atoms with Crippen LogP contribution >= 0.6 is 0 Å². The topological polar surface area (TPSA) is 129 Å². The summed E-state index contributed by atoms with van der Waals surface area (Å²) < 4.78 is 5.45. The molecule has 5 N–H and O–H groups in total. The van der Waals surface area contributed by atoms with E-state index in [2.05, 4.69) is 5.32 Å².